The molecule has 0 fully saturated rings. The average molecular weight is 138 g/mol. The highest BCUT2D eigenvalue weighted by molar-refractivity contribution is 5.14. The zero-order valence-electron chi connectivity index (χ0n) is 7.14. The Morgan fingerprint density at radius 2 is 2.00 bits per heavy atom. The highest BCUT2D eigenvalue weighted by Gasteiger charge is 2.18. The van der Waals surface area contributed by atoms with Crippen molar-refractivity contribution in [2.45, 2.75) is 39.5 Å². The summed E-state index contributed by atoms with van der Waals surface area (Å²) >= 11 is 0. The molecule has 0 saturated carbocycles. The molecule has 0 spiro atoms. The van der Waals surface area contributed by atoms with Gasteiger partial charge in [0.05, 0.1) is 0 Å². The summed E-state index contributed by atoms with van der Waals surface area (Å²) in [7, 11) is 0. The lowest BCUT2D eigenvalue weighted by Gasteiger charge is -2.08. The number of hydrogen-bond donors (Lipinski definition) is 0. The van der Waals surface area contributed by atoms with Crippen LogP contribution in [0.25, 0.3) is 0 Å². The first-order chi connectivity index (χ1) is 4.84. The Kier molecular flexibility index (Phi) is 2.98. The molecule has 1 unspecified atom stereocenters. The van der Waals surface area contributed by atoms with E-state index in [1.54, 1.807) is 0 Å². The molecule has 0 bridgehead atoms. The lowest BCUT2D eigenvalue weighted by atomic mass is 9.97. The van der Waals surface area contributed by atoms with Crippen LogP contribution in [0.1, 0.15) is 39.5 Å². The van der Waals surface area contributed by atoms with Gasteiger partial charge in [-0.05, 0) is 18.3 Å². The van der Waals surface area contributed by atoms with Crippen molar-refractivity contribution in [1.29, 1.82) is 0 Å². The van der Waals surface area contributed by atoms with Crippen LogP contribution < -0.4 is 0 Å². The predicted molar refractivity (Wildman–Crippen MR) is 45.9 cm³/mol. The van der Waals surface area contributed by atoms with Crippen LogP contribution in [-0.4, -0.2) is 0 Å². The number of allylic oxidation sites excluding steroid dienone is 2. The molecule has 0 nitrogen and oxygen atoms in total. The topological polar surface area (TPSA) is 0 Å². The van der Waals surface area contributed by atoms with Crippen molar-refractivity contribution in [1.82, 2.24) is 0 Å². The minimum absolute atomic E-state index is 0.872. The third kappa shape index (κ3) is 2.55. The van der Waals surface area contributed by atoms with Crippen LogP contribution >= 0.6 is 0 Å². The van der Waals surface area contributed by atoms with Gasteiger partial charge in [-0.1, -0.05) is 45.3 Å². The fraction of sp³-hybridized carbons (Fsp3) is 0.800. The standard InChI is InChI=1S/C10H18/c1-3-4-5-6-9(2)10-7-8-10/h7-10H,3-6H2,1-2H3. The second-order valence-electron chi connectivity index (χ2n) is 3.44. The van der Waals surface area contributed by atoms with Crippen molar-refractivity contribution < 1.29 is 0 Å². The van der Waals surface area contributed by atoms with E-state index in [2.05, 4.69) is 26.0 Å². The van der Waals surface area contributed by atoms with Gasteiger partial charge in [-0.15, -0.1) is 0 Å². The Morgan fingerprint density at radius 3 is 2.50 bits per heavy atom. The molecular weight excluding hydrogens is 120 g/mol. The van der Waals surface area contributed by atoms with Crippen LogP contribution in [-0.2, 0) is 0 Å². The minimum Gasteiger partial charge on any atom is -0.0808 e. The van der Waals surface area contributed by atoms with Crippen LogP contribution in [0.5, 0.6) is 0 Å². The SMILES string of the molecule is CCCCCC(C)C1C=C1. The zero-order chi connectivity index (χ0) is 7.40. The fourth-order valence-corrected chi connectivity index (χ4v) is 1.35. The summed E-state index contributed by atoms with van der Waals surface area (Å²) in [6.45, 7) is 4.63. The lowest BCUT2D eigenvalue weighted by Crippen LogP contribution is -1.97. The second kappa shape index (κ2) is 3.80. The first-order valence-electron chi connectivity index (χ1n) is 4.53. The quantitative estimate of drug-likeness (QED) is 0.403. The van der Waals surface area contributed by atoms with Crippen LogP contribution in [0, 0.1) is 11.8 Å². The van der Waals surface area contributed by atoms with Crippen molar-refractivity contribution >= 4 is 0 Å². The first-order valence-corrected chi connectivity index (χ1v) is 4.53. The van der Waals surface area contributed by atoms with Gasteiger partial charge in [-0.25, -0.2) is 0 Å². The molecule has 58 valence electrons. The van der Waals surface area contributed by atoms with Crippen LogP contribution in [0.3, 0.4) is 0 Å². The molecule has 0 saturated heterocycles. The summed E-state index contributed by atoms with van der Waals surface area (Å²) in [4.78, 5) is 0. The van der Waals surface area contributed by atoms with E-state index in [0.717, 1.165) is 11.8 Å². The summed E-state index contributed by atoms with van der Waals surface area (Å²) in [6.07, 6.45) is 10.2. The molecule has 0 aromatic heterocycles. The summed E-state index contributed by atoms with van der Waals surface area (Å²) < 4.78 is 0. The van der Waals surface area contributed by atoms with E-state index >= 15 is 0 Å². The Bertz CT molecular complexity index is 107. The van der Waals surface area contributed by atoms with E-state index in [4.69, 9.17) is 0 Å². The Labute approximate surface area is 64.3 Å². The van der Waals surface area contributed by atoms with Crippen LogP contribution in [0.4, 0.5) is 0 Å². The molecular formula is C10H18. The van der Waals surface area contributed by atoms with E-state index in [-0.39, 0.29) is 0 Å². The molecule has 10 heavy (non-hydrogen) atoms. The van der Waals surface area contributed by atoms with Gasteiger partial charge in [0.25, 0.3) is 0 Å². The Balaban J connectivity index is 1.91. The molecule has 0 radical (unpaired) electrons. The third-order valence-corrected chi connectivity index (χ3v) is 2.33. The predicted octanol–water partition coefficient (Wildman–Crippen LogP) is 3.39. The normalized spacial score (nSPS) is 19.4. The van der Waals surface area contributed by atoms with E-state index in [1.165, 1.54) is 25.7 Å². The highest BCUT2D eigenvalue weighted by atomic mass is 14.2. The smallest absolute Gasteiger partial charge is 0.00274 e. The number of hydrogen-bond acceptors (Lipinski definition) is 0. The van der Waals surface area contributed by atoms with Gasteiger partial charge in [0.1, 0.15) is 0 Å². The molecule has 0 aromatic rings. The van der Waals surface area contributed by atoms with Gasteiger partial charge >= 0.3 is 0 Å². The molecule has 0 aliphatic heterocycles. The highest BCUT2D eigenvalue weighted by Crippen LogP contribution is 2.29. The van der Waals surface area contributed by atoms with Gasteiger partial charge in [-0.2, -0.15) is 0 Å². The molecule has 1 atom stereocenters. The molecule has 0 amide bonds. The molecule has 0 aromatic carbocycles. The summed E-state index contributed by atoms with van der Waals surface area (Å²) in [5.74, 6) is 1.79. The molecule has 1 aliphatic rings. The monoisotopic (exact) mass is 138 g/mol. The maximum atomic E-state index is 2.36. The van der Waals surface area contributed by atoms with Crippen molar-refractivity contribution in [3.8, 4) is 0 Å². The molecule has 0 heterocycles. The lowest BCUT2D eigenvalue weighted by molar-refractivity contribution is 0.466. The number of rotatable bonds is 5. The molecule has 1 aliphatic carbocycles. The van der Waals surface area contributed by atoms with Gasteiger partial charge in [0.15, 0.2) is 0 Å². The van der Waals surface area contributed by atoms with E-state index in [1.807, 2.05) is 0 Å². The van der Waals surface area contributed by atoms with Gasteiger partial charge in [0.2, 0.25) is 0 Å². The number of unbranched alkanes of at least 4 members (excludes halogenated alkanes) is 2. The first kappa shape index (κ1) is 7.84. The van der Waals surface area contributed by atoms with Gasteiger partial charge in [-0.3, -0.25) is 0 Å². The van der Waals surface area contributed by atoms with Gasteiger partial charge < -0.3 is 0 Å². The maximum Gasteiger partial charge on any atom is -0.00274 e. The van der Waals surface area contributed by atoms with Crippen LogP contribution in [0.2, 0.25) is 0 Å². The summed E-state index contributed by atoms with van der Waals surface area (Å²) in [6, 6.07) is 0. The van der Waals surface area contributed by atoms with E-state index in [0.29, 0.717) is 0 Å². The van der Waals surface area contributed by atoms with E-state index in [9.17, 15) is 0 Å². The Hall–Kier alpha value is -0.260. The summed E-state index contributed by atoms with van der Waals surface area (Å²) in [5, 5.41) is 0. The zero-order valence-corrected chi connectivity index (χ0v) is 7.14. The Morgan fingerprint density at radius 1 is 1.30 bits per heavy atom. The van der Waals surface area contributed by atoms with E-state index < -0.39 is 0 Å². The van der Waals surface area contributed by atoms with Crippen molar-refractivity contribution in [2.24, 2.45) is 11.8 Å². The largest absolute Gasteiger partial charge is 0.0808 e. The molecule has 0 heteroatoms. The van der Waals surface area contributed by atoms with Crippen LogP contribution in [0.15, 0.2) is 12.2 Å². The van der Waals surface area contributed by atoms with Crippen molar-refractivity contribution in [3.05, 3.63) is 12.2 Å². The minimum atomic E-state index is 0.872. The fourth-order valence-electron chi connectivity index (χ4n) is 1.35. The maximum absolute atomic E-state index is 2.36. The average Bonchev–Trinajstić information content (AvgIpc) is 2.69. The second-order valence-corrected chi connectivity index (χ2v) is 3.44. The van der Waals surface area contributed by atoms with Crippen molar-refractivity contribution in [2.75, 3.05) is 0 Å². The molecule has 0 N–H and O–H groups in total. The van der Waals surface area contributed by atoms with Gasteiger partial charge in [0, 0.05) is 0 Å². The summed E-state index contributed by atoms with van der Waals surface area (Å²) in [5.41, 5.74) is 0. The molecule has 1 rings (SSSR count). The van der Waals surface area contributed by atoms with Crippen molar-refractivity contribution in [3.63, 3.8) is 0 Å². The third-order valence-electron chi connectivity index (χ3n) is 2.33.